The van der Waals surface area contributed by atoms with Gasteiger partial charge < -0.3 is 9.30 Å². The van der Waals surface area contributed by atoms with Crippen molar-refractivity contribution in [3.05, 3.63) is 75.1 Å². The summed E-state index contributed by atoms with van der Waals surface area (Å²) in [6, 6.07) is 11.2. The second-order valence-electron chi connectivity index (χ2n) is 5.44. The fraction of sp³-hybridized carbons (Fsp3) is 0.111. The molecule has 7 nitrogen and oxygen atoms in total. The fourth-order valence-electron chi connectivity index (χ4n) is 2.38. The average molecular weight is 404 g/mol. The van der Waals surface area contributed by atoms with E-state index in [1.165, 1.54) is 23.5 Å². The largest absolute Gasteiger partial charge is 0.484 e. The Hall–Kier alpha value is -2.97. The number of carbonyl (C=O) groups excluding carboxylic acids is 1. The molecular weight excluding hydrogens is 390 g/mol. The number of aromatic nitrogens is 1. The number of nitrogens with zero attached hydrogens (tertiary/aromatic N) is 3. The number of ether oxygens (including phenoxy) is 1. The van der Waals surface area contributed by atoms with Crippen LogP contribution >= 0.6 is 22.9 Å². The van der Waals surface area contributed by atoms with Crippen molar-refractivity contribution in [3.63, 3.8) is 0 Å². The molecule has 0 saturated heterocycles. The zero-order chi connectivity index (χ0) is 19.4. The van der Waals surface area contributed by atoms with Gasteiger partial charge in [-0.05, 0) is 30.3 Å². The summed E-state index contributed by atoms with van der Waals surface area (Å²) in [5.41, 5.74) is 0.598. The zero-order valence-electron chi connectivity index (χ0n) is 14.0. The van der Waals surface area contributed by atoms with E-state index in [2.05, 4.69) is 11.6 Å². The van der Waals surface area contributed by atoms with E-state index >= 15 is 0 Å². The summed E-state index contributed by atoms with van der Waals surface area (Å²) in [5, 5.41) is 11.6. The molecule has 3 aromatic rings. The minimum absolute atomic E-state index is 0.0259. The van der Waals surface area contributed by atoms with Gasteiger partial charge in [0.15, 0.2) is 11.4 Å². The van der Waals surface area contributed by atoms with Crippen LogP contribution in [0.5, 0.6) is 5.75 Å². The van der Waals surface area contributed by atoms with E-state index in [4.69, 9.17) is 16.3 Å². The van der Waals surface area contributed by atoms with Gasteiger partial charge in [0.05, 0.1) is 15.1 Å². The lowest BCUT2D eigenvalue weighted by Crippen LogP contribution is -2.19. The molecule has 0 bridgehead atoms. The van der Waals surface area contributed by atoms with Crippen molar-refractivity contribution < 1.29 is 14.5 Å². The predicted molar refractivity (Wildman–Crippen MR) is 104 cm³/mol. The number of non-ortho nitro benzene ring substituents is 1. The highest BCUT2D eigenvalue weighted by Crippen LogP contribution is 2.23. The highest BCUT2D eigenvalue weighted by atomic mass is 35.5. The number of allylic oxidation sites excluding steroid dienone is 1. The molecule has 1 heterocycles. The summed E-state index contributed by atoms with van der Waals surface area (Å²) < 4.78 is 7.90. The molecule has 0 fully saturated rings. The number of amides is 1. The molecule has 1 amide bonds. The van der Waals surface area contributed by atoms with Gasteiger partial charge in [0.1, 0.15) is 5.75 Å². The van der Waals surface area contributed by atoms with Crippen molar-refractivity contribution in [2.24, 2.45) is 4.99 Å². The Morgan fingerprint density at radius 1 is 1.33 bits per heavy atom. The first-order chi connectivity index (χ1) is 13.0. The van der Waals surface area contributed by atoms with Gasteiger partial charge in [-0.3, -0.25) is 14.9 Å². The Kier molecular flexibility index (Phi) is 5.68. The maximum absolute atomic E-state index is 12.2. The lowest BCUT2D eigenvalue weighted by molar-refractivity contribution is -0.384. The molecule has 0 aliphatic heterocycles. The number of nitro groups is 1. The van der Waals surface area contributed by atoms with Crippen LogP contribution in [-0.4, -0.2) is 22.0 Å². The van der Waals surface area contributed by atoms with Gasteiger partial charge in [-0.25, -0.2) is 0 Å². The maximum Gasteiger partial charge on any atom is 0.286 e. The van der Waals surface area contributed by atoms with Crippen LogP contribution < -0.4 is 9.54 Å². The van der Waals surface area contributed by atoms with Crippen LogP contribution in [0.3, 0.4) is 0 Å². The van der Waals surface area contributed by atoms with Crippen LogP contribution in [0.2, 0.25) is 5.02 Å². The van der Waals surface area contributed by atoms with Crippen molar-refractivity contribution >= 4 is 44.7 Å². The van der Waals surface area contributed by atoms with E-state index in [-0.39, 0.29) is 12.3 Å². The Morgan fingerprint density at radius 2 is 2.07 bits per heavy atom. The number of thiazole rings is 1. The number of carbonyl (C=O) groups is 1. The second kappa shape index (κ2) is 8.15. The number of fused-ring (bicyclic) bond motifs is 1. The Morgan fingerprint density at radius 3 is 2.74 bits per heavy atom. The van der Waals surface area contributed by atoms with Crippen LogP contribution in [0, 0.1) is 10.1 Å². The molecule has 0 aliphatic carbocycles. The molecule has 2 aromatic carbocycles. The third kappa shape index (κ3) is 4.42. The lowest BCUT2D eigenvalue weighted by atomic mass is 10.3. The van der Waals surface area contributed by atoms with Crippen LogP contribution in [-0.2, 0) is 11.3 Å². The Balaban J connectivity index is 1.90. The minimum atomic E-state index is -0.469. The molecule has 0 saturated carbocycles. The maximum atomic E-state index is 12.2. The molecule has 0 radical (unpaired) electrons. The molecule has 138 valence electrons. The van der Waals surface area contributed by atoms with Gasteiger partial charge in [-0.1, -0.05) is 29.0 Å². The van der Waals surface area contributed by atoms with Crippen molar-refractivity contribution in [2.45, 2.75) is 6.54 Å². The van der Waals surface area contributed by atoms with Crippen molar-refractivity contribution in [2.75, 3.05) is 6.61 Å². The van der Waals surface area contributed by atoms with Gasteiger partial charge in [-0.15, -0.1) is 6.58 Å². The smallest absolute Gasteiger partial charge is 0.286 e. The molecule has 1 aromatic heterocycles. The van der Waals surface area contributed by atoms with Crippen molar-refractivity contribution in [3.8, 4) is 5.75 Å². The van der Waals surface area contributed by atoms with E-state index in [0.717, 1.165) is 4.70 Å². The summed E-state index contributed by atoms with van der Waals surface area (Å²) in [4.78, 5) is 27.3. The monoisotopic (exact) mass is 403 g/mol. The number of hydrogen-bond acceptors (Lipinski definition) is 5. The minimum Gasteiger partial charge on any atom is -0.484 e. The first-order valence-electron chi connectivity index (χ1n) is 7.82. The Labute approximate surface area is 163 Å². The van der Waals surface area contributed by atoms with Crippen LogP contribution in [0.4, 0.5) is 5.69 Å². The SMILES string of the molecule is C=CCn1c(=NC(=O)COc2ccc(Cl)cc2)sc2ccc([N+](=O)[O-])cc21. The van der Waals surface area contributed by atoms with E-state index in [9.17, 15) is 14.9 Å². The number of hydrogen-bond donors (Lipinski definition) is 0. The van der Waals surface area contributed by atoms with Gasteiger partial charge >= 0.3 is 0 Å². The topological polar surface area (TPSA) is 86.7 Å². The predicted octanol–water partition coefficient (Wildman–Crippen LogP) is 3.96. The Bertz CT molecular complexity index is 1090. The van der Waals surface area contributed by atoms with Crippen molar-refractivity contribution in [1.29, 1.82) is 0 Å². The summed E-state index contributed by atoms with van der Waals surface area (Å²) in [6.07, 6.45) is 1.64. The van der Waals surface area contributed by atoms with Crippen molar-refractivity contribution in [1.82, 2.24) is 4.57 Å². The third-order valence-electron chi connectivity index (χ3n) is 3.58. The molecule has 0 atom stereocenters. The van der Waals surface area contributed by atoms with Crippen LogP contribution in [0.25, 0.3) is 10.2 Å². The molecule has 0 spiro atoms. The highest BCUT2D eigenvalue weighted by Gasteiger charge is 2.12. The van der Waals surface area contributed by atoms with E-state index in [0.29, 0.717) is 27.6 Å². The molecule has 0 N–H and O–H groups in total. The lowest BCUT2D eigenvalue weighted by Gasteiger charge is -2.03. The van der Waals surface area contributed by atoms with Gasteiger partial charge in [0.25, 0.3) is 11.6 Å². The summed E-state index contributed by atoms with van der Waals surface area (Å²) in [5.74, 6) is 0.0395. The highest BCUT2D eigenvalue weighted by molar-refractivity contribution is 7.16. The molecule has 0 aliphatic rings. The van der Waals surface area contributed by atoms with E-state index in [1.807, 2.05) is 0 Å². The van der Waals surface area contributed by atoms with E-state index in [1.54, 1.807) is 41.0 Å². The number of benzene rings is 2. The number of rotatable bonds is 6. The molecule has 0 unspecified atom stereocenters. The fourth-order valence-corrected chi connectivity index (χ4v) is 3.54. The first-order valence-corrected chi connectivity index (χ1v) is 9.02. The van der Waals surface area contributed by atoms with E-state index < -0.39 is 10.8 Å². The number of nitro benzene ring substituents is 1. The quantitative estimate of drug-likeness (QED) is 0.354. The third-order valence-corrected chi connectivity index (χ3v) is 4.90. The summed E-state index contributed by atoms with van der Waals surface area (Å²) >= 11 is 7.07. The van der Waals surface area contributed by atoms with Crippen LogP contribution in [0.1, 0.15) is 0 Å². The van der Waals surface area contributed by atoms with Gasteiger partial charge in [0, 0.05) is 23.7 Å². The first kappa shape index (κ1) is 18.8. The molecule has 3 rings (SSSR count). The average Bonchev–Trinajstić information content (AvgIpc) is 2.98. The summed E-state index contributed by atoms with van der Waals surface area (Å²) in [6.45, 7) is 3.83. The van der Waals surface area contributed by atoms with Gasteiger partial charge in [-0.2, -0.15) is 4.99 Å². The summed E-state index contributed by atoms with van der Waals surface area (Å²) in [7, 11) is 0. The van der Waals surface area contributed by atoms with Crippen LogP contribution in [0.15, 0.2) is 60.1 Å². The number of halogens is 1. The second-order valence-corrected chi connectivity index (χ2v) is 6.89. The van der Waals surface area contributed by atoms with Gasteiger partial charge in [0.2, 0.25) is 0 Å². The molecular formula is C18H14ClN3O4S. The molecule has 9 heteroatoms. The molecule has 27 heavy (non-hydrogen) atoms. The zero-order valence-corrected chi connectivity index (χ0v) is 15.6. The standard InChI is InChI=1S/C18H14ClN3O4S/c1-2-9-21-15-10-13(22(24)25)5-8-16(15)27-18(21)20-17(23)11-26-14-6-3-12(19)4-7-14/h2-8,10H,1,9,11H2. The normalized spacial score (nSPS) is 11.5.